The molecule has 2 atom stereocenters. The molecular formula is C26H23N3O2. The zero-order valence-corrected chi connectivity index (χ0v) is 17.6. The maximum Gasteiger partial charge on any atom is 0.172 e. The molecule has 1 aliphatic rings. The minimum absolute atomic E-state index is 0.0860. The van der Waals surface area contributed by atoms with Crippen molar-refractivity contribution in [3.63, 3.8) is 0 Å². The van der Waals surface area contributed by atoms with E-state index in [0.717, 1.165) is 40.0 Å². The molecule has 5 heteroatoms. The van der Waals surface area contributed by atoms with Gasteiger partial charge in [-0.25, -0.2) is 4.98 Å². The van der Waals surface area contributed by atoms with Crippen molar-refractivity contribution in [2.24, 2.45) is 5.92 Å². The number of nitrogens with zero attached hydrogens (tertiary/aromatic N) is 3. The average molecular weight is 409 g/mol. The third-order valence-electron chi connectivity index (χ3n) is 5.95. The lowest BCUT2D eigenvalue weighted by Gasteiger charge is -2.29. The molecule has 0 saturated carbocycles. The monoisotopic (exact) mass is 409 g/mol. The van der Waals surface area contributed by atoms with Gasteiger partial charge in [0.1, 0.15) is 12.4 Å². The van der Waals surface area contributed by atoms with E-state index in [1.54, 1.807) is 12.4 Å². The average Bonchev–Trinajstić information content (AvgIpc) is 2.78. The van der Waals surface area contributed by atoms with Gasteiger partial charge in [-0.2, -0.15) is 0 Å². The first-order valence-corrected chi connectivity index (χ1v) is 10.5. The van der Waals surface area contributed by atoms with Crippen molar-refractivity contribution in [2.45, 2.75) is 32.8 Å². The van der Waals surface area contributed by atoms with Crippen molar-refractivity contribution in [3.8, 4) is 5.75 Å². The molecular weight excluding hydrogens is 386 g/mol. The maximum atomic E-state index is 13.4. The van der Waals surface area contributed by atoms with Crippen LogP contribution < -0.4 is 4.74 Å². The molecule has 3 aromatic heterocycles. The van der Waals surface area contributed by atoms with Crippen LogP contribution in [0.2, 0.25) is 0 Å². The quantitative estimate of drug-likeness (QED) is 0.471. The summed E-state index contributed by atoms with van der Waals surface area (Å²) < 4.78 is 6.06. The van der Waals surface area contributed by atoms with Gasteiger partial charge < -0.3 is 4.74 Å². The van der Waals surface area contributed by atoms with Gasteiger partial charge in [0, 0.05) is 23.3 Å². The summed E-state index contributed by atoms with van der Waals surface area (Å²) in [5, 5.41) is 1.10. The van der Waals surface area contributed by atoms with Crippen LogP contribution in [0, 0.1) is 12.8 Å². The first-order valence-electron chi connectivity index (χ1n) is 10.5. The topological polar surface area (TPSA) is 65.0 Å². The number of fused-ring (bicyclic) bond motifs is 2. The minimum atomic E-state index is -0.208. The van der Waals surface area contributed by atoms with Crippen LogP contribution >= 0.6 is 0 Å². The number of Topliss-reactive ketones (excluding diaryl/α,β-unsaturated/α-hetero) is 1. The Balaban J connectivity index is 1.42. The number of pyridine rings is 3. The van der Waals surface area contributed by atoms with Crippen LogP contribution in [0.25, 0.3) is 10.9 Å². The number of carbonyl (C=O) groups is 1. The van der Waals surface area contributed by atoms with E-state index in [1.165, 1.54) is 0 Å². The molecule has 0 aliphatic heterocycles. The number of para-hydroxylation sites is 1. The van der Waals surface area contributed by atoms with E-state index in [1.807, 2.05) is 61.5 Å². The number of aryl methyl sites for hydroxylation is 1. The highest BCUT2D eigenvalue weighted by molar-refractivity contribution is 6.03. The van der Waals surface area contributed by atoms with Crippen LogP contribution in [-0.2, 0) is 13.0 Å². The first-order chi connectivity index (χ1) is 15.1. The third kappa shape index (κ3) is 3.67. The van der Waals surface area contributed by atoms with Gasteiger partial charge in [-0.3, -0.25) is 14.8 Å². The standard InChI is InChI=1S/C26H23N3O2/c1-16-12-23-21(26(30)25(16)19-7-5-11-27-14-19)13-24(17(2)28-23)31-15-20-10-9-18-6-3-4-8-22(18)29-20/h3-11,13-14,16,25H,12,15H2,1-2H3/t16-,25-/m0/s1. The normalized spacial score (nSPS) is 18.1. The van der Waals surface area contributed by atoms with Gasteiger partial charge in [-0.1, -0.05) is 37.3 Å². The van der Waals surface area contributed by atoms with Crippen molar-refractivity contribution in [1.82, 2.24) is 15.0 Å². The number of benzene rings is 1. The second kappa shape index (κ2) is 7.91. The largest absolute Gasteiger partial charge is 0.485 e. The highest BCUT2D eigenvalue weighted by Gasteiger charge is 2.35. The molecule has 0 amide bonds. The molecule has 1 aliphatic carbocycles. The highest BCUT2D eigenvalue weighted by Crippen LogP contribution is 2.37. The summed E-state index contributed by atoms with van der Waals surface area (Å²) in [6.07, 6.45) is 4.27. The van der Waals surface area contributed by atoms with E-state index in [9.17, 15) is 4.79 Å². The van der Waals surface area contributed by atoms with E-state index >= 15 is 0 Å². The molecule has 4 aromatic rings. The summed E-state index contributed by atoms with van der Waals surface area (Å²) in [6, 6.07) is 17.7. The number of ketones is 1. The minimum Gasteiger partial charge on any atom is -0.485 e. The second-order valence-corrected chi connectivity index (χ2v) is 8.16. The van der Waals surface area contributed by atoms with Crippen molar-refractivity contribution >= 4 is 16.7 Å². The molecule has 5 rings (SSSR count). The summed E-state index contributed by atoms with van der Waals surface area (Å²) in [7, 11) is 0. The predicted molar refractivity (Wildman–Crippen MR) is 119 cm³/mol. The Morgan fingerprint density at radius 2 is 1.94 bits per heavy atom. The molecule has 0 N–H and O–H groups in total. The van der Waals surface area contributed by atoms with Crippen LogP contribution in [0.5, 0.6) is 5.75 Å². The Morgan fingerprint density at radius 1 is 1.06 bits per heavy atom. The van der Waals surface area contributed by atoms with Gasteiger partial charge in [-0.15, -0.1) is 0 Å². The van der Waals surface area contributed by atoms with E-state index in [0.29, 0.717) is 17.9 Å². The lowest BCUT2D eigenvalue weighted by molar-refractivity contribution is 0.0917. The van der Waals surface area contributed by atoms with E-state index < -0.39 is 0 Å². The Morgan fingerprint density at radius 3 is 2.77 bits per heavy atom. The summed E-state index contributed by atoms with van der Waals surface area (Å²) in [6.45, 7) is 4.35. The summed E-state index contributed by atoms with van der Waals surface area (Å²) in [4.78, 5) is 27.0. The zero-order valence-electron chi connectivity index (χ0n) is 17.6. The number of rotatable bonds is 4. The molecule has 0 radical (unpaired) electrons. The van der Waals surface area contributed by atoms with Gasteiger partial charge in [-0.05, 0) is 49.1 Å². The number of hydrogen-bond donors (Lipinski definition) is 0. The molecule has 0 fully saturated rings. The molecule has 0 spiro atoms. The van der Waals surface area contributed by atoms with Crippen molar-refractivity contribution in [1.29, 1.82) is 0 Å². The summed E-state index contributed by atoms with van der Waals surface area (Å²) in [5.41, 5.74) is 5.02. The number of carbonyl (C=O) groups excluding carboxylic acids is 1. The van der Waals surface area contributed by atoms with Gasteiger partial charge in [0.25, 0.3) is 0 Å². The molecule has 3 heterocycles. The van der Waals surface area contributed by atoms with Gasteiger partial charge in [0.15, 0.2) is 5.78 Å². The highest BCUT2D eigenvalue weighted by atomic mass is 16.5. The lowest BCUT2D eigenvalue weighted by atomic mass is 9.74. The van der Waals surface area contributed by atoms with E-state index in [2.05, 4.69) is 16.9 Å². The molecule has 1 aromatic carbocycles. The molecule has 0 unspecified atom stereocenters. The first kappa shape index (κ1) is 19.4. The fraction of sp³-hybridized carbons (Fsp3) is 0.231. The van der Waals surface area contributed by atoms with Gasteiger partial charge >= 0.3 is 0 Å². The fourth-order valence-corrected chi connectivity index (χ4v) is 4.38. The summed E-state index contributed by atoms with van der Waals surface area (Å²) in [5.74, 6) is 0.676. The predicted octanol–water partition coefficient (Wildman–Crippen LogP) is 5.07. The SMILES string of the molecule is Cc1nc2c(cc1OCc1ccc3ccccc3n1)C(=O)[C@H](c1cccnc1)[C@@H](C)C2. The Labute approximate surface area is 181 Å². The Kier molecular flexibility index (Phi) is 4.94. The van der Waals surface area contributed by atoms with Crippen LogP contribution in [-0.4, -0.2) is 20.7 Å². The van der Waals surface area contributed by atoms with Gasteiger partial charge in [0.05, 0.1) is 28.5 Å². The number of hydrogen-bond acceptors (Lipinski definition) is 5. The zero-order chi connectivity index (χ0) is 21.4. The van der Waals surface area contributed by atoms with Gasteiger partial charge in [0.2, 0.25) is 0 Å². The molecule has 0 saturated heterocycles. The third-order valence-corrected chi connectivity index (χ3v) is 5.95. The Bertz CT molecular complexity index is 1270. The van der Waals surface area contributed by atoms with Crippen molar-refractivity contribution < 1.29 is 9.53 Å². The molecule has 154 valence electrons. The van der Waals surface area contributed by atoms with E-state index in [4.69, 9.17) is 9.72 Å². The molecule has 0 bridgehead atoms. The van der Waals surface area contributed by atoms with Crippen molar-refractivity contribution in [2.75, 3.05) is 0 Å². The van der Waals surface area contributed by atoms with Crippen molar-refractivity contribution in [3.05, 3.63) is 95.2 Å². The van der Waals surface area contributed by atoms with Crippen LogP contribution in [0.15, 0.2) is 67.0 Å². The maximum absolute atomic E-state index is 13.4. The second-order valence-electron chi connectivity index (χ2n) is 8.16. The lowest BCUT2D eigenvalue weighted by Crippen LogP contribution is -2.29. The summed E-state index contributed by atoms with van der Waals surface area (Å²) >= 11 is 0. The van der Waals surface area contributed by atoms with Crippen LogP contribution in [0.4, 0.5) is 0 Å². The fourth-order valence-electron chi connectivity index (χ4n) is 4.38. The smallest absolute Gasteiger partial charge is 0.172 e. The number of aromatic nitrogens is 3. The number of ether oxygens (including phenoxy) is 1. The van der Waals surface area contributed by atoms with Crippen LogP contribution in [0.3, 0.4) is 0 Å². The molecule has 5 nitrogen and oxygen atoms in total. The van der Waals surface area contributed by atoms with E-state index in [-0.39, 0.29) is 17.6 Å². The van der Waals surface area contributed by atoms with Crippen LogP contribution in [0.1, 0.15) is 45.8 Å². The molecule has 31 heavy (non-hydrogen) atoms. The Hall–Kier alpha value is -3.60.